The maximum Gasteiger partial charge on any atom is 0.274 e. The number of amides is 2. The maximum atomic E-state index is 12.4. The molecule has 0 atom stereocenters. The Bertz CT molecular complexity index is 639. The fourth-order valence-corrected chi connectivity index (χ4v) is 3.69. The van der Waals surface area contributed by atoms with E-state index in [1.54, 1.807) is 19.9 Å². The van der Waals surface area contributed by atoms with E-state index in [-0.39, 0.29) is 24.3 Å². The molecular weight excluding hydrogens is 354 g/mol. The largest absolute Gasteiger partial charge is 0.469 e. The van der Waals surface area contributed by atoms with Crippen LogP contribution in [-0.2, 0) is 4.79 Å². The second-order valence-electron chi connectivity index (χ2n) is 7.88. The Balaban J connectivity index is 1.77. The lowest BCUT2D eigenvalue weighted by Crippen LogP contribution is -2.36. The molecule has 6 heteroatoms. The zero-order valence-electron chi connectivity index (χ0n) is 17.4. The molecule has 0 aromatic carbocycles. The average Bonchev–Trinajstić information content (AvgIpc) is 3.08. The van der Waals surface area contributed by atoms with Gasteiger partial charge in [-0.05, 0) is 32.8 Å². The lowest BCUT2D eigenvalue weighted by molar-refractivity contribution is -0.120. The lowest BCUT2D eigenvalue weighted by Gasteiger charge is -2.19. The number of hydrogen-bond donors (Lipinski definition) is 2. The van der Waals surface area contributed by atoms with Gasteiger partial charge in [0.05, 0.1) is 18.2 Å². The minimum atomic E-state index is -0.328. The van der Waals surface area contributed by atoms with Crippen molar-refractivity contribution >= 4 is 17.5 Å². The molecule has 2 N–H and O–H groups in total. The molecule has 1 aliphatic carbocycles. The van der Waals surface area contributed by atoms with Crippen molar-refractivity contribution in [1.82, 2.24) is 10.7 Å². The van der Waals surface area contributed by atoms with Gasteiger partial charge in [0.25, 0.3) is 5.91 Å². The maximum absolute atomic E-state index is 12.4. The zero-order chi connectivity index (χ0) is 20.2. The topological polar surface area (TPSA) is 83.7 Å². The van der Waals surface area contributed by atoms with E-state index in [0.717, 1.165) is 12.8 Å². The summed E-state index contributed by atoms with van der Waals surface area (Å²) < 4.78 is 5.12. The summed E-state index contributed by atoms with van der Waals surface area (Å²) in [5.41, 5.74) is 3.53. The number of hydrazone groups is 1. The van der Waals surface area contributed by atoms with Crippen LogP contribution in [0.5, 0.6) is 0 Å². The van der Waals surface area contributed by atoms with E-state index in [0.29, 0.717) is 17.0 Å². The average molecular weight is 390 g/mol. The molecule has 0 aliphatic heterocycles. The Hall–Kier alpha value is -2.11. The highest BCUT2D eigenvalue weighted by atomic mass is 16.3. The molecule has 1 aromatic heterocycles. The fourth-order valence-electron chi connectivity index (χ4n) is 3.69. The minimum absolute atomic E-state index is 0.0212. The summed E-state index contributed by atoms with van der Waals surface area (Å²) in [5, 5.41) is 7.23. The smallest absolute Gasteiger partial charge is 0.274 e. The molecular formula is C22H35N3O3. The standard InChI is InChI=1S/C22H35N3O3/c1-17(24-25-22(27)20-14-15-28-18(20)2)16-21(26)23-19-12-10-8-6-4-3-5-7-9-11-13-19/h14-15,19H,3-13,16H2,1-2H3,(H,23,26)(H,25,27). The quantitative estimate of drug-likeness (QED) is 0.556. The van der Waals surface area contributed by atoms with Crippen molar-refractivity contribution in [3.63, 3.8) is 0 Å². The first-order chi connectivity index (χ1) is 13.6. The molecule has 28 heavy (non-hydrogen) atoms. The van der Waals surface area contributed by atoms with Crippen molar-refractivity contribution in [2.45, 2.75) is 96.9 Å². The van der Waals surface area contributed by atoms with Crippen LogP contribution in [0.3, 0.4) is 0 Å². The fraction of sp³-hybridized carbons (Fsp3) is 0.682. The van der Waals surface area contributed by atoms with Crippen LogP contribution in [0.1, 0.15) is 100 Å². The highest BCUT2D eigenvalue weighted by molar-refractivity contribution is 6.01. The van der Waals surface area contributed by atoms with Crippen LogP contribution in [0.4, 0.5) is 0 Å². The number of rotatable bonds is 5. The summed E-state index contributed by atoms with van der Waals surface area (Å²) in [7, 11) is 0. The Kier molecular flexibility index (Phi) is 9.80. The van der Waals surface area contributed by atoms with Crippen molar-refractivity contribution in [3.05, 3.63) is 23.7 Å². The number of nitrogens with one attached hydrogen (secondary N) is 2. The summed E-state index contributed by atoms with van der Waals surface area (Å²) in [6.45, 7) is 3.48. The molecule has 1 fully saturated rings. The van der Waals surface area contributed by atoms with E-state index in [9.17, 15) is 9.59 Å². The number of nitrogens with zero attached hydrogens (tertiary/aromatic N) is 1. The van der Waals surface area contributed by atoms with Gasteiger partial charge in [-0.3, -0.25) is 9.59 Å². The zero-order valence-corrected chi connectivity index (χ0v) is 17.4. The molecule has 1 heterocycles. The molecule has 0 radical (unpaired) electrons. The van der Waals surface area contributed by atoms with Gasteiger partial charge in [-0.25, -0.2) is 5.43 Å². The molecule has 1 aliphatic rings. The minimum Gasteiger partial charge on any atom is -0.469 e. The number of aryl methyl sites for hydroxylation is 1. The number of carbonyl (C=O) groups is 2. The Morgan fingerprint density at radius 3 is 2.14 bits per heavy atom. The van der Waals surface area contributed by atoms with E-state index in [1.165, 1.54) is 64.1 Å². The number of furan rings is 1. The third-order valence-electron chi connectivity index (χ3n) is 5.34. The van der Waals surface area contributed by atoms with Gasteiger partial charge >= 0.3 is 0 Å². The summed E-state index contributed by atoms with van der Waals surface area (Å²) in [4.78, 5) is 24.4. The highest BCUT2D eigenvalue weighted by Crippen LogP contribution is 2.17. The summed E-state index contributed by atoms with van der Waals surface area (Å²) in [6, 6.07) is 1.86. The molecule has 1 aromatic rings. The van der Waals surface area contributed by atoms with Crippen molar-refractivity contribution in [3.8, 4) is 0 Å². The molecule has 0 saturated heterocycles. The highest BCUT2D eigenvalue weighted by Gasteiger charge is 2.14. The van der Waals surface area contributed by atoms with Gasteiger partial charge < -0.3 is 9.73 Å². The van der Waals surface area contributed by atoms with Gasteiger partial charge in [-0.1, -0.05) is 57.8 Å². The molecule has 6 nitrogen and oxygen atoms in total. The van der Waals surface area contributed by atoms with E-state index in [2.05, 4.69) is 15.8 Å². The first-order valence-corrected chi connectivity index (χ1v) is 10.7. The van der Waals surface area contributed by atoms with Crippen LogP contribution in [0, 0.1) is 6.92 Å². The van der Waals surface area contributed by atoms with Crippen molar-refractivity contribution in [2.24, 2.45) is 5.10 Å². The van der Waals surface area contributed by atoms with E-state index >= 15 is 0 Å². The van der Waals surface area contributed by atoms with Gasteiger partial charge in [0.2, 0.25) is 5.91 Å². The van der Waals surface area contributed by atoms with Crippen LogP contribution in [0.25, 0.3) is 0 Å². The Morgan fingerprint density at radius 2 is 1.61 bits per heavy atom. The van der Waals surface area contributed by atoms with Crippen molar-refractivity contribution in [1.29, 1.82) is 0 Å². The van der Waals surface area contributed by atoms with Crippen LogP contribution in [0.2, 0.25) is 0 Å². The first kappa shape index (κ1) is 22.2. The van der Waals surface area contributed by atoms with Crippen LogP contribution in [0.15, 0.2) is 21.8 Å². The lowest BCUT2D eigenvalue weighted by atomic mass is 9.98. The SMILES string of the molecule is CC(CC(=O)NC1CCCCCCCCCCC1)=NNC(=O)c1ccoc1C. The van der Waals surface area contributed by atoms with E-state index < -0.39 is 0 Å². The molecule has 156 valence electrons. The van der Waals surface area contributed by atoms with Gasteiger partial charge in [0.15, 0.2) is 0 Å². The van der Waals surface area contributed by atoms with Crippen LogP contribution in [-0.4, -0.2) is 23.6 Å². The third kappa shape index (κ3) is 8.28. The second-order valence-corrected chi connectivity index (χ2v) is 7.88. The monoisotopic (exact) mass is 389 g/mol. The normalized spacial score (nSPS) is 18.0. The van der Waals surface area contributed by atoms with Gasteiger partial charge in [0.1, 0.15) is 5.76 Å². The van der Waals surface area contributed by atoms with Gasteiger partial charge in [0, 0.05) is 11.8 Å². The molecule has 2 rings (SSSR count). The van der Waals surface area contributed by atoms with Crippen molar-refractivity contribution < 1.29 is 14.0 Å². The predicted molar refractivity (Wildman–Crippen MR) is 111 cm³/mol. The predicted octanol–water partition coefficient (Wildman–Crippen LogP) is 4.87. The Labute approximate surface area is 168 Å². The van der Waals surface area contributed by atoms with Gasteiger partial charge in [-0.2, -0.15) is 5.10 Å². The molecule has 0 unspecified atom stereocenters. The van der Waals surface area contributed by atoms with Crippen molar-refractivity contribution in [2.75, 3.05) is 0 Å². The summed E-state index contributed by atoms with van der Waals surface area (Å²) >= 11 is 0. The Morgan fingerprint density at radius 1 is 1.04 bits per heavy atom. The third-order valence-corrected chi connectivity index (χ3v) is 5.34. The first-order valence-electron chi connectivity index (χ1n) is 10.7. The molecule has 0 bridgehead atoms. The van der Waals surface area contributed by atoms with Crippen LogP contribution >= 0.6 is 0 Å². The summed E-state index contributed by atoms with van der Waals surface area (Å²) in [6.07, 6.45) is 15.3. The van der Waals surface area contributed by atoms with E-state index in [4.69, 9.17) is 4.42 Å². The van der Waals surface area contributed by atoms with Crippen LogP contribution < -0.4 is 10.7 Å². The summed E-state index contributed by atoms with van der Waals surface area (Å²) in [5.74, 6) is 0.197. The molecule has 0 spiro atoms. The molecule has 2 amide bonds. The van der Waals surface area contributed by atoms with E-state index in [1.807, 2.05) is 0 Å². The van der Waals surface area contributed by atoms with Gasteiger partial charge in [-0.15, -0.1) is 0 Å². The number of carbonyl (C=O) groups excluding carboxylic acids is 2. The second kappa shape index (κ2) is 12.4. The number of hydrogen-bond acceptors (Lipinski definition) is 4. The molecule has 1 saturated carbocycles.